The third-order valence-corrected chi connectivity index (χ3v) is 5.71. The van der Waals surface area contributed by atoms with Gasteiger partial charge in [0.25, 0.3) is 0 Å². The van der Waals surface area contributed by atoms with Crippen molar-refractivity contribution in [3.8, 4) is 0 Å². The SMILES string of the molecule is C[C@](/C=C1/C=C\CCCCC1)(SCCC=O)C(=O)OCc1ccccc1. The lowest BCUT2D eigenvalue weighted by molar-refractivity contribution is -0.146. The van der Waals surface area contributed by atoms with Crippen molar-refractivity contribution in [2.75, 3.05) is 5.75 Å². The van der Waals surface area contributed by atoms with E-state index in [9.17, 15) is 9.59 Å². The van der Waals surface area contributed by atoms with Crippen molar-refractivity contribution < 1.29 is 14.3 Å². The predicted octanol–water partition coefficient (Wildman–Crippen LogP) is 5.26. The van der Waals surface area contributed by atoms with E-state index >= 15 is 0 Å². The van der Waals surface area contributed by atoms with Crippen LogP contribution in [0, 0.1) is 0 Å². The normalized spacial score (nSPS) is 19.8. The van der Waals surface area contributed by atoms with Crippen molar-refractivity contribution in [2.24, 2.45) is 0 Å². The van der Waals surface area contributed by atoms with Crippen molar-refractivity contribution in [1.29, 1.82) is 0 Å². The van der Waals surface area contributed by atoms with Crippen LogP contribution in [0.4, 0.5) is 0 Å². The maximum Gasteiger partial charge on any atom is 0.326 e. The van der Waals surface area contributed by atoms with Crippen molar-refractivity contribution in [1.82, 2.24) is 0 Å². The largest absolute Gasteiger partial charge is 0.460 e. The number of allylic oxidation sites excluding steroid dienone is 3. The summed E-state index contributed by atoms with van der Waals surface area (Å²) in [5.74, 6) is 0.355. The summed E-state index contributed by atoms with van der Waals surface area (Å²) >= 11 is 1.48. The van der Waals surface area contributed by atoms with Gasteiger partial charge in [0, 0.05) is 12.2 Å². The lowest BCUT2D eigenvalue weighted by Crippen LogP contribution is -2.32. The lowest BCUT2D eigenvalue weighted by Gasteiger charge is -2.25. The van der Waals surface area contributed by atoms with Crippen LogP contribution < -0.4 is 0 Å². The minimum atomic E-state index is -0.781. The molecule has 0 unspecified atom stereocenters. The Balaban J connectivity index is 2.12. The highest BCUT2D eigenvalue weighted by Gasteiger charge is 2.33. The van der Waals surface area contributed by atoms with Crippen LogP contribution in [-0.4, -0.2) is 22.8 Å². The molecule has 0 spiro atoms. The van der Waals surface area contributed by atoms with Gasteiger partial charge in [0.1, 0.15) is 17.6 Å². The zero-order valence-electron chi connectivity index (χ0n) is 15.5. The molecule has 1 aromatic rings. The second-order valence-electron chi connectivity index (χ2n) is 6.69. The van der Waals surface area contributed by atoms with Crippen LogP contribution in [0.2, 0.25) is 0 Å². The van der Waals surface area contributed by atoms with Crippen LogP contribution in [0.5, 0.6) is 0 Å². The number of carbonyl (C=O) groups is 2. The Labute approximate surface area is 160 Å². The second-order valence-corrected chi connectivity index (χ2v) is 8.24. The molecule has 26 heavy (non-hydrogen) atoms. The minimum absolute atomic E-state index is 0.250. The average Bonchev–Trinajstić information content (AvgIpc) is 2.63. The number of hydrogen-bond acceptors (Lipinski definition) is 4. The van der Waals surface area contributed by atoms with Crippen molar-refractivity contribution >= 4 is 24.0 Å². The molecule has 0 aliphatic heterocycles. The molecule has 0 heterocycles. The first kappa shape index (κ1) is 20.5. The number of benzene rings is 1. The standard InChI is InChI=1S/C22H28O3S/c1-22(26-16-10-15-23,17-19-11-6-3-2-4-7-12-19)21(24)25-18-20-13-8-5-9-14-20/h5-6,8-9,11,13-15,17H,2-4,7,10,12,16,18H2,1H3/b11-6-,19-17-/t22-/m1/s1. The molecule has 1 aliphatic rings. The molecule has 0 bridgehead atoms. The molecule has 0 N–H and O–H groups in total. The minimum Gasteiger partial charge on any atom is -0.460 e. The van der Waals surface area contributed by atoms with Crippen LogP contribution in [0.15, 0.2) is 54.1 Å². The van der Waals surface area contributed by atoms with E-state index < -0.39 is 4.75 Å². The molecule has 1 atom stereocenters. The first-order chi connectivity index (χ1) is 12.6. The van der Waals surface area contributed by atoms with E-state index in [1.807, 2.05) is 43.3 Å². The smallest absolute Gasteiger partial charge is 0.326 e. The quantitative estimate of drug-likeness (QED) is 0.355. The molecule has 3 nitrogen and oxygen atoms in total. The van der Waals surface area contributed by atoms with E-state index in [1.54, 1.807) is 0 Å². The maximum atomic E-state index is 12.9. The zero-order chi connectivity index (χ0) is 18.7. The van der Waals surface area contributed by atoms with E-state index in [0.717, 1.165) is 31.1 Å². The monoisotopic (exact) mass is 372 g/mol. The van der Waals surface area contributed by atoms with Gasteiger partial charge in [0.2, 0.25) is 0 Å². The number of carbonyl (C=O) groups excluding carboxylic acids is 2. The van der Waals surface area contributed by atoms with Gasteiger partial charge in [-0.25, -0.2) is 0 Å². The third-order valence-electron chi connectivity index (χ3n) is 4.38. The fourth-order valence-corrected chi connectivity index (χ4v) is 3.95. The second kappa shape index (κ2) is 11.0. The first-order valence-electron chi connectivity index (χ1n) is 9.31. The molecular formula is C22H28O3S. The summed E-state index contributed by atoms with van der Waals surface area (Å²) in [6, 6.07) is 9.70. The Bertz CT molecular complexity index is 636. The fourth-order valence-electron chi connectivity index (χ4n) is 2.91. The van der Waals surface area contributed by atoms with Gasteiger partial charge in [-0.2, -0.15) is 0 Å². The molecule has 0 radical (unpaired) electrons. The van der Waals surface area contributed by atoms with E-state index in [2.05, 4.69) is 12.2 Å². The highest BCUT2D eigenvalue weighted by Crippen LogP contribution is 2.32. The van der Waals surface area contributed by atoms with E-state index in [0.29, 0.717) is 12.2 Å². The van der Waals surface area contributed by atoms with Gasteiger partial charge in [0.05, 0.1) is 0 Å². The molecule has 0 aromatic heterocycles. The predicted molar refractivity (Wildman–Crippen MR) is 108 cm³/mol. The third kappa shape index (κ3) is 6.83. The van der Waals surface area contributed by atoms with Crippen LogP contribution in [0.25, 0.3) is 0 Å². The molecule has 4 heteroatoms. The Morgan fingerprint density at radius 1 is 1.23 bits per heavy atom. The maximum absolute atomic E-state index is 12.9. The number of aldehydes is 1. The number of esters is 1. The summed E-state index contributed by atoms with van der Waals surface area (Å²) < 4.78 is 4.82. The van der Waals surface area contributed by atoms with Gasteiger partial charge in [0.15, 0.2) is 0 Å². The molecule has 0 fully saturated rings. The van der Waals surface area contributed by atoms with E-state index in [-0.39, 0.29) is 12.6 Å². The highest BCUT2D eigenvalue weighted by atomic mass is 32.2. The van der Waals surface area contributed by atoms with E-state index in [1.165, 1.54) is 30.2 Å². The highest BCUT2D eigenvalue weighted by molar-refractivity contribution is 8.01. The summed E-state index contributed by atoms with van der Waals surface area (Å²) in [6.07, 6.45) is 13.4. The summed E-state index contributed by atoms with van der Waals surface area (Å²) in [5, 5.41) is 0. The summed E-state index contributed by atoms with van der Waals surface area (Å²) in [7, 11) is 0. The van der Waals surface area contributed by atoms with Crippen molar-refractivity contribution in [2.45, 2.75) is 56.8 Å². The molecule has 0 saturated heterocycles. The first-order valence-corrected chi connectivity index (χ1v) is 10.3. The van der Waals surface area contributed by atoms with Crippen molar-refractivity contribution in [3.63, 3.8) is 0 Å². The zero-order valence-corrected chi connectivity index (χ0v) is 16.3. The van der Waals surface area contributed by atoms with Gasteiger partial charge >= 0.3 is 5.97 Å². The topological polar surface area (TPSA) is 43.4 Å². The summed E-state index contributed by atoms with van der Waals surface area (Å²) in [6.45, 7) is 2.16. The van der Waals surface area contributed by atoms with Crippen LogP contribution in [0.1, 0.15) is 51.0 Å². The number of hydrogen-bond donors (Lipinski definition) is 0. The Hall–Kier alpha value is -1.81. The Morgan fingerprint density at radius 3 is 2.81 bits per heavy atom. The fraction of sp³-hybridized carbons (Fsp3) is 0.455. The van der Waals surface area contributed by atoms with Gasteiger partial charge in [-0.15, -0.1) is 11.8 Å². The Kier molecular flexibility index (Phi) is 8.69. The lowest BCUT2D eigenvalue weighted by atomic mass is 9.98. The summed E-state index contributed by atoms with van der Waals surface area (Å²) in [5.41, 5.74) is 2.15. The van der Waals surface area contributed by atoms with Gasteiger partial charge < -0.3 is 9.53 Å². The van der Waals surface area contributed by atoms with Gasteiger partial charge in [-0.05, 0) is 38.2 Å². The molecular weight excluding hydrogens is 344 g/mol. The molecule has 140 valence electrons. The van der Waals surface area contributed by atoms with Crippen molar-refractivity contribution in [3.05, 3.63) is 59.7 Å². The number of thioether (sulfide) groups is 1. The number of ether oxygens (including phenoxy) is 1. The molecule has 1 aliphatic carbocycles. The summed E-state index contributed by atoms with van der Waals surface area (Å²) in [4.78, 5) is 23.5. The molecule has 2 rings (SSSR count). The van der Waals surface area contributed by atoms with Gasteiger partial charge in [-0.1, -0.05) is 60.6 Å². The van der Waals surface area contributed by atoms with E-state index in [4.69, 9.17) is 4.74 Å². The van der Waals surface area contributed by atoms with Gasteiger partial charge in [-0.3, -0.25) is 4.79 Å². The molecule has 0 saturated carbocycles. The number of rotatable bonds is 8. The van der Waals surface area contributed by atoms with Crippen LogP contribution in [-0.2, 0) is 20.9 Å². The van der Waals surface area contributed by atoms with Crippen LogP contribution in [0.3, 0.4) is 0 Å². The molecule has 0 amide bonds. The van der Waals surface area contributed by atoms with Crippen LogP contribution >= 0.6 is 11.8 Å². The molecule has 1 aromatic carbocycles. The average molecular weight is 373 g/mol. The Morgan fingerprint density at radius 2 is 2.04 bits per heavy atom.